The number of rotatable bonds is 19. The number of hydrogen-bond acceptors (Lipinski definition) is 16. The Balaban J connectivity index is 1.14. The van der Waals surface area contributed by atoms with Crippen LogP contribution in [0.5, 0.6) is 69.0 Å². The van der Waals surface area contributed by atoms with Crippen LogP contribution in [0.4, 0.5) is 11.4 Å². The van der Waals surface area contributed by atoms with Gasteiger partial charge in [0.15, 0.2) is 46.0 Å². The highest BCUT2D eigenvalue weighted by Crippen LogP contribution is 2.40. The van der Waals surface area contributed by atoms with Gasteiger partial charge in [0.05, 0.1) is 82.5 Å². The zero-order valence-corrected chi connectivity index (χ0v) is 38.8. The minimum absolute atomic E-state index is 0.0538. The predicted molar refractivity (Wildman–Crippen MR) is 249 cm³/mol. The highest BCUT2D eigenvalue weighted by atomic mass is 16.6. The monoisotopic (exact) mass is 932 g/mol. The number of esters is 2. The van der Waals surface area contributed by atoms with Crippen LogP contribution in [0.25, 0.3) is 11.1 Å². The molecule has 0 atom stereocenters. The average molecular weight is 933 g/mol. The van der Waals surface area contributed by atoms with Gasteiger partial charge in [0, 0.05) is 35.4 Å². The van der Waals surface area contributed by atoms with Crippen molar-refractivity contribution in [1.82, 2.24) is 0 Å². The number of carbonyl (C=O) groups is 4. The Morgan fingerprint density at radius 3 is 0.941 bits per heavy atom. The number of anilines is 2. The van der Waals surface area contributed by atoms with Crippen LogP contribution in [0.2, 0.25) is 0 Å². The van der Waals surface area contributed by atoms with Gasteiger partial charge in [-0.3, -0.25) is 9.59 Å². The van der Waals surface area contributed by atoms with E-state index in [1.807, 2.05) is 0 Å². The van der Waals surface area contributed by atoms with Crippen molar-refractivity contribution in [3.63, 3.8) is 0 Å². The third kappa shape index (κ3) is 10.5. The zero-order chi connectivity index (χ0) is 49.1. The molecule has 18 heteroatoms. The lowest BCUT2D eigenvalue weighted by Gasteiger charge is -2.16. The molecule has 18 nitrogen and oxygen atoms in total. The fourth-order valence-corrected chi connectivity index (χ4v) is 6.81. The summed E-state index contributed by atoms with van der Waals surface area (Å²) < 4.78 is 65.6. The second kappa shape index (κ2) is 21.9. The maximum atomic E-state index is 13.5. The molecule has 0 aromatic heterocycles. The van der Waals surface area contributed by atoms with Crippen molar-refractivity contribution in [3.8, 4) is 80.1 Å². The second-order valence-electron chi connectivity index (χ2n) is 14.1. The fraction of sp³-hybridized carbons (Fsp3) is 0.200. The van der Waals surface area contributed by atoms with Crippen molar-refractivity contribution in [2.24, 2.45) is 0 Å². The summed E-state index contributed by atoms with van der Waals surface area (Å²) >= 11 is 0. The topological polar surface area (TPSA) is 203 Å². The van der Waals surface area contributed by atoms with Crippen LogP contribution in [0.1, 0.15) is 41.4 Å². The molecule has 0 aliphatic rings. The van der Waals surface area contributed by atoms with E-state index in [9.17, 15) is 19.2 Å². The first kappa shape index (κ1) is 48.7. The highest BCUT2D eigenvalue weighted by molar-refractivity contribution is 6.07. The molecule has 6 aromatic carbocycles. The van der Waals surface area contributed by atoms with Crippen LogP contribution < -0.4 is 67.5 Å². The average Bonchev–Trinajstić information content (AvgIpc) is 3.37. The molecule has 6 rings (SSSR count). The van der Waals surface area contributed by atoms with Crippen molar-refractivity contribution in [1.29, 1.82) is 0 Å². The lowest BCUT2D eigenvalue weighted by molar-refractivity contribution is 0.0716. The number of methoxy groups -OCH3 is 10. The summed E-state index contributed by atoms with van der Waals surface area (Å²) in [6, 6.07) is 24.9. The Hall–Kier alpha value is -8.80. The molecule has 354 valence electrons. The molecule has 0 aliphatic carbocycles. The Bertz CT molecular complexity index is 2670. The first-order valence-electron chi connectivity index (χ1n) is 20.3. The van der Waals surface area contributed by atoms with Crippen LogP contribution in [0, 0.1) is 0 Å². The Morgan fingerprint density at radius 1 is 0.309 bits per heavy atom. The van der Waals surface area contributed by atoms with Gasteiger partial charge in [0.25, 0.3) is 11.8 Å². The first-order valence-corrected chi connectivity index (χ1v) is 20.3. The standard InChI is InChI=1S/C50H48N2O16/c1-57-37-25-45(65-9)43(63-7)23-31(37)49(55)67-35-17-13-29(21-41(35)61-5)47(53)51-33-15-11-27(19-39(33)59-3)28-12-16-34(40(20-28)60-4)52-48(54)30-14-18-36(42(22-30)62-6)68-50(56)32-24-44(64-8)46(66-10)26-38(32)58-2/h11-26H,1-10H3,(H,51,53)(H,52,54). The molecule has 0 bridgehead atoms. The van der Waals surface area contributed by atoms with Crippen molar-refractivity contribution in [2.45, 2.75) is 0 Å². The third-order valence-corrected chi connectivity index (χ3v) is 10.3. The molecular weight excluding hydrogens is 885 g/mol. The quantitative estimate of drug-likeness (QED) is 0.0578. The second-order valence-corrected chi connectivity index (χ2v) is 14.1. The van der Waals surface area contributed by atoms with E-state index in [4.69, 9.17) is 56.8 Å². The van der Waals surface area contributed by atoms with Gasteiger partial charge >= 0.3 is 11.9 Å². The van der Waals surface area contributed by atoms with E-state index in [2.05, 4.69) is 10.6 Å². The maximum absolute atomic E-state index is 13.5. The van der Waals surface area contributed by atoms with Crippen molar-refractivity contribution in [2.75, 3.05) is 81.7 Å². The molecular formula is C50H48N2O16. The molecule has 68 heavy (non-hydrogen) atoms. The molecule has 0 unspecified atom stereocenters. The lowest BCUT2D eigenvalue weighted by atomic mass is 10.0. The summed E-state index contributed by atoms with van der Waals surface area (Å²) in [6.07, 6.45) is 0. The van der Waals surface area contributed by atoms with Gasteiger partial charge in [-0.15, -0.1) is 0 Å². The third-order valence-electron chi connectivity index (χ3n) is 10.3. The molecule has 6 aromatic rings. The number of ether oxygens (including phenoxy) is 12. The molecule has 0 radical (unpaired) electrons. The SMILES string of the molecule is COc1cc(-c2ccc(NC(=O)c3ccc(OC(=O)c4cc(OC)c(OC)cc4OC)c(OC)c3)c(OC)c2)ccc1NC(=O)c1ccc(OC(=O)c2cc(OC)c(OC)cc2OC)c(OC)c1. The normalized spacial score (nSPS) is 10.4. The van der Waals surface area contributed by atoms with Crippen LogP contribution in [0.3, 0.4) is 0 Å². The van der Waals surface area contributed by atoms with Crippen LogP contribution in [-0.4, -0.2) is 94.9 Å². The van der Waals surface area contributed by atoms with Crippen LogP contribution in [0.15, 0.2) is 97.1 Å². The van der Waals surface area contributed by atoms with Crippen molar-refractivity contribution >= 4 is 35.1 Å². The van der Waals surface area contributed by atoms with E-state index >= 15 is 0 Å². The maximum Gasteiger partial charge on any atom is 0.347 e. The van der Waals surface area contributed by atoms with Gasteiger partial charge in [0.1, 0.15) is 34.1 Å². The zero-order valence-electron chi connectivity index (χ0n) is 38.8. The summed E-state index contributed by atoms with van der Waals surface area (Å²) in [5.74, 6) is 0.219. The lowest BCUT2D eigenvalue weighted by Crippen LogP contribution is -2.14. The Morgan fingerprint density at radius 2 is 0.618 bits per heavy atom. The largest absolute Gasteiger partial charge is 0.496 e. The van der Waals surface area contributed by atoms with E-state index in [0.29, 0.717) is 57.0 Å². The summed E-state index contributed by atoms with van der Waals surface area (Å²) in [5, 5.41) is 5.71. The molecule has 0 fully saturated rings. The minimum Gasteiger partial charge on any atom is -0.496 e. The predicted octanol–water partition coefficient (Wildman–Crippen LogP) is 8.38. The molecule has 0 saturated carbocycles. The van der Waals surface area contributed by atoms with E-state index in [1.54, 1.807) is 36.4 Å². The summed E-state index contributed by atoms with van der Waals surface area (Å²) in [4.78, 5) is 53.6. The van der Waals surface area contributed by atoms with Gasteiger partial charge in [0.2, 0.25) is 0 Å². The summed E-state index contributed by atoms with van der Waals surface area (Å²) in [6.45, 7) is 0. The first-order chi connectivity index (χ1) is 32.9. The number of hydrogen-bond donors (Lipinski definition) is 2. The van der Waals surface area contributed by atoms with Crippen LogP contribution in [-0.2, 0) is 0 Å². The van der Waals surface area contributed by atoms with Gasteiger partial charge in [-0.1, -0.05) is 12.1 Å². The molecule has 0 saturated heterocycles. The summed E-state index contributed by atoms with van der Waals surface area (Å²) in [5.41, 5.74) is 2.68. The van der Waals surface area contributed by atoms with Gasteiger partial charge in [-0.05, 0) is 71.8 Å². The van der Waals surface area contributed by atoms with Gasteiger partial charge in [-0.25, -0.2) is 9.59 Å². The molecule has 0 spiro atoms. The number of nitrogens with one attached hydrogen (secondary N) is 2. The number of amides is 2. The van der Waals surface area contributed by atoms with Crippen molar-refractivity contribution < 1.29 is 76.0 Å². The molecule has 2 N–H and O–H groups in total. The molecule has 0 heterocycles. The smallest absolute Gasteiger partial charge is 0.347 e. The number of carbonyl (C=O) groups excluding carboxylic acids is 4. The van der Waals surface area contributed by atoms with Crippen molar-refractivity contribution in [3.05, 3.63) is 119 Å². The molecule has 2 amide bonds. The number of benzene rings is 6. The minimum atomic E-state index is -0.763. The molecule has 0 aliphatic heterocycles. The van der Waals surface area contributed by atoms with E-state index in [-0.39, 0.29) is 56.8 Å². The fourth-order valence-electron chi connectivity index (χ4n) is 6.81. The Labute approximate surface area is 391 Å². The van der Waals surface area contributed by atoms with E-state index < -0.39 is 23.8 Å². The van der Waals surface area contributed by atoms with Gasteiger partial charge < -0.3 is 67.5 Å². The van der Waals surface area contributed by atoms with Crippen LogP contribution >= 0.6 is 0 Å². The Kier molecular flexibility index (Phi) is 15.7. The van der Waals surface area contributed by atoms with E-state index in [0.717, 1.165) is 0 Å². The highest BCUT2D eigenvalue weighted by Gasteiger charge is 2.24. The van der Waals surface area contributed by atoms with Gasteiger partial charge in [-0.2, -0.15) is 0 Å². The van der Waals surface area contributed by atoms with E-state index in [1.165, 1.54) is 132 Å². The summed E-state index contributed by atoms with van der Waals surface area (Å²) in [7, 11) is 14.3.